The molecule has 2 aromatic rings. The maximum absolute atomic E-state index is 15.6. The second-order valence-electron chi connectivity index (χ2n) is 7.71. The van der Waals surface area contributed by atoms with Crippen LogP contribution in [0.2, 0.25) is 0 Å². The number of benzene rings is 1. The van der Waals surface area contributed by atoms with Crippen LogP contribution in [0, 0.1) is 5.82 Å². The lowest BCUT2D eigenvalue weighted by molar-refractivity contribution is 0.172. The van der Waals surface area contributed by atoms with Gasteiger partial charge in [-0.25, -0.2) is 14.1 Å². The van der Waals surface area contributed by atoms with Gasteiger partial charge in [-0.15, -0.1) is 0 Å². The second kappa shape index (κ2) is 6.05. The van der Waals surface area contributed by atoms with Crippen molar-refractivity contribution in [3.05, 3.63) is 35.4 Å². The Bertz CT molecular complexity index is 927. The number of hydrogen-bond donors (Lipinski definition) is 1. The summed E-state index contributed by atoms with van der Waals surface area (Å²) < 4.78 is 22.7. The highest BCUT2D eigenvalue weighted by Crippen LogP contribution is 2.54. The largest absolute Gasteiger partial charge is 0.494 e. The Labute approximate surface area is 158 Å². The van der Waals surface area contributed by atoms with E-state index in [1.807, 2.05) is 19.3 Å². The predicted octanol–water partition coefficient (Wildman–Crippen LogP) is 2.91. The molecule has 2 fully saturated rings. The second-order valence-corrected chi connectivity index (χ2v) is 7.71. The monoisotopic (exact) mass is 369 g/mol. The number of rotatable bonds is 4. The van der Waals surface area contributed by atoms with E-state index in [1.54, 1.807) is 18.0 Å². The number of aliphatic imine (C=N–C) groups is 1. The Morgan fingerprint density at radius 3 is 2.70 bits per heavy atom. The molecule has 1 saturated heterocycles. The topological polar surface area (TPSA) is 54.7 Å². The smallest absolute Gasteiger partial charge is 0.178 e. The van der Waals surface area contributed by atoms with Crippen LogP contribution in [0.5, 0.6) is 5.75 Å². The van der Waals surface area contributed by atoms with Crippen LogP contribution in [-0.2, 0) is 12.0 Å². The average Bonchev–Trinajstić information content (AvgIpc) is 3.19. The lowest BCUT2D eigenvalue weighted by Crippen LogP contribution is -2.45. The van der Waals surface area contributed by atoms with Crippen LogP contribution >= 0.6 is 0 Å². The van der Waals surface area contributed by atoms with Gasteiger partial charge in [0.25, 0.3) is 0 Å². The molecule has 0 amide bonds. The summed E-state index contributed by atoms with van der Waals surface area (Å²) in [6.07, 6.45) is 8.05. The van der Waals surface area contributed by atoms with Crippen molar-refractivity contribution in [2.24, 2.45) is 4.99 Å². The molecular formula is C20H24FN5O. The van der Waals surface area contributed by atoms with Gasteiger partial charge in [-0.3, -0.25) is 4.90 Å². The molecule has 0 unspecified atom stereocenters. The zero-order chi connectivity index (χ0) is 18.6. The first-order valence-electron chi connectivity index (χ1n) is 9.60. The van der Waals surface area contributed by atoms with E-state index in [-0.39, 0.29) is 11.2 Å². The molecule has 7 heteroatoms. The number of fused-ring (bicyclic) bond motifs is 2. The van der Waals surface area contributed by atoms with Gasteiger partial charge in [0, 0.05) is 25.4 Å². The lowest BCUT2D eigenvalue weighted by Gasteiger charge is -2.40. The molecule has 2 aliphatic heterocycles. The Morgan fingerprint density at radius 2 is 2.11 bits per heavy atom. The summed E-state index contributed by atoms with van der Waals surface area (Å²) in [6, 6.07) is 1.96. The summed E-state index contributed by atoms with van der Waals surface area (Å²) in [4.78, 5) is 6.96. The van der Waals surface area contributed by atoms with Crippen LogP contribution in [0.1, 0.15) is 36.8 Å². The minimum Gasteiger partial charge on any atom is -0.494 e. The minimum absolute atomic E-state index is 0.177. The molecule has 5 rings (SSSR count). The third kappa shape index (κ3) is 2.34. The fourth-order valence-corrected chi connectivity index (χ4v) is 4.49. The quantitative estimate of drug-likeness (QED) is 0.900. The van der Waals surface area contributed by atoms with Gasteiger partial charge in [0.05, 0.1) is 18.7 Å². The molecule has 0 atom stereocenters. The van der Waals surface area contributed by atoms with Crippen LogP contribution in [0.4, 0.5) is 10.1 Å². The number of likely N-dealkylation sites (tertiary alicyclic amines) is 1. The van der Waals surface area contributed by atoms with Gasteiger partial charge in [0.15, 0.2) is 5.82 Å². The van der Waals surface area contributed by atoms with Crippen molar-refractivity contribution >= 4 is 11.5 Å². The van der Waals surface area contributed by atoms with Gasteiger partial charge >= 0.3 is 0 Å². The zero-order valence-corrected chi connectivity index (χ0v) is 15.8. The molecule has 1 aromatic heterocycles. The van der Waals surface area contributed by atoms with Gasteiger partial charge < -0.3 is 10.1 Å². The summed E-state index contributed by atoms with van der Waals surface area (Å²) in [5.41, 5.74) is 2.59. The minimum atomic E-state index is -0.362. The average molecular weight is 369 g/mol. The molecule has 1 aromatic carbocycles. The molecule has 3 aliphatic rings. The molecule has 6 nitrogen and oxygen atoms in total. The normalized spacial score (nSPS) is 20.0. The molecular weight excluding hydrogens is 345 g/mol. The fourth-order valence-electron chi connectivity index (χ4n) is 4.49. The third-order valence-corrected chi connectivity index (χ3v) is 6.26. The van der Waals surface area contributed by atoms with Crippen molar-refractivity contribution in [3.63, 3.8) is 0 Å². The number of halogens is 1. The lowest BCUT2D eigenvalue weighted by atomic mass is 9.64. The highest BCUT2D eigenvalue weighted by Gasteiger charge is 2.49. The van der Waals surface area contributed by atoms with E-state index in [9.17, 15) is 0 Å². The van der Waals surface area contributed by atoms with Gasteiger partial charge in [0.1, 0.15) is 23.0 Å². The molecule has 3 heterocycles. The van der Waals surface area contributed by atoms with Crippen LogP contribution in [0.25, 0.3) is 5.69 Å². The van der Waals surface area contributed by atoms with Gasteiger partial charge in [-0.1, -0.05) is 6.42 Å². The summed E-state index contributed by atoms with van der Waals surface area (Å²) in [5.74, 6) is 1.00. The number of nitrogens with one attached hydrogen (secondary N) is 1. The Morgan fingerprint density at radius 1 is 1.30 bits per heavy atom. The summed E-state index contributed by atoms with van der Waals surface area (Å²) in [5, 5.41) is 7.59. The number of hydrogen-bond acceptors (Lipinski definition) is 5. The maximum Gasteiger partial charge on any atom is 0.178 e. The van der Waals surface area contributed by atoms with Crippen molar-refractivity contribution in [1.29, 1.82) is 0 Å². The van der Waals surface area contributed by atoms with Crippen LogP contribution in [-0.4, -0.2) is 47.8 Å². The highest BCUT2D eigenvalue weighted by atomic mass is 19.1. The number of nitrogens with zero attached hydrogens (tertiary/aromatic N) is 4. The van der Waals surface area contributed by atoms with Crippen LogP contribution in [0.3, 0.4) is 0 Å². The first-order chi connectivity index (χ1) is 13.2. The van der Waals surface area contributed by atoms with E-state index < -0.39 is 0 Å². The summed E-state index contributed by atoms with van der Waals surface area (Å²) >= 11 is 0. The van der Waals surface area contributed by atoms with Crippen molar-refractivity contribution < 1.29 is 9.13 Å². The molecule has 27 heavy (non-hydrogen) atoms. The Hall–Kier alpha value is -2.41. The molecule has 142 valence electrons. The first-order valence-corrected chi connectivity index (χ1v) is 9.60. The maximum atomic E-state index is 15.6. The number of likely N-dealkylation sites (N-methyl/N-ethyl adjacent to an activating group) is 1. The third-order valence-electron chi connectivity index (χ3n) is 6.26. The molecule has 1 aliphatic carbocycles. The van der Waals surface area contributed by atoms with Crippen molar-refractivity contribution in [2.45, 2.75) is 37.6 Å². The molecule has 1 N–H and O–H groups in total. The number of methoxy groups -OCH3 is 1. The Kier molecular flexibility index (Phi) is 3.75. The number of ether oxygens (including phenoxy) is 1. The van der Waals surface area contributed by atoms with E-state index in [0.29, 0.717) is 17.1 Å². The Balaban J connectivity index is 1.58. The van der Waals surface area contributed by atoms with Crippen molar-refractivity contribution in [3.8, 4) is 11.4 Å². The van der Waals surface area contributed by atoms with E-state index in [4.69, 9.17) is 4.74 Å². The zero-order valence-electron chi connectivity index (χ0n) is 15.8. The van der Waals surface area contributed by atoms with Gasteiger partial charge in [-0.2, -0.15) is 5.10 Å². The van der Waals surface area contributed by atoms with E-state index in [0.717, 1.165) is 55.9 Å². The first kappa shape index (κ1) is 16.7. The summed E-state index contributed by atoms with van der Waals surface area (Å²) in [7, 11) is 3.44. The van der Waals surface area contributed by atoms with E-state index >= 15 is 4.39 Å². The van der Waals surface area contributed by atoms with Gasteiger partial charge in [0.2, 0.25) is 0 Å². The predicted molar refractivity (Wildman–Crippen MR) is 102 cm³/mol. The van der Waals surface area contributed by atoms with Crippen molar-refractivity contribution in [2.75, 3.05) is 27.2 Å². The summed E-state index contributed by atoms with van der Waals surface area (Å²) in [6.45, 7) is 3.08. The molecule has 1 saturated carbocycles. The SMILES string of the molecule is CNC1=Nc2c(cc(OC)c(-n3cc(CN4CCC4)cn3)c2F)C12CCC2. The van der Waals surface area contributed by atoms with Crippen LogP contribution < -0.4 is 10.1 Å². The van der Waals surface area contributed by atoms with Gasteiger partial charge in [-0.05, 0) is 44.0 Å². The van der Waals surface area contributed by atoms with Crippen LogP contribution in [0.15, 0.2) is 23.5 Å². The fraction of sp³-hybridized carbons (Fsp3) is 0.500. The van der Waals surface area contributed by atoms with Crippen molar-refractivity contribution in [1.82, 2.24) is 20.0 Å². The molecule has 0 bridgehead atoms. The molecule has 1 spiro atoms. The number of amidine groups is 1. The van der Waals surface area contributed by atoms with E-state index in [1.165, 1.54) is 6.42 Å². The highest BCUT2D eigenvalue weighted by molar-refractivity contribution is 6.01. The molecule has 0 radical (unpaired) electrons. The van der Waals surface area contributed by atoms with E-state index in [2.05, 4.69) is 20.3 Å². The standard InChI is InChI=1S/C20H24FN5O/c1-22-19-20(5-3-6-20)14-9-15(27-2)18(16(21)17(14)24-19)26-12-13(10-23-26)11-25-7-4-8-25/h9-10,12H,3-8,11H2,1-2H3,(H,22,24). The number of aromatic nitrogens is 2.